The summed E-state index contributed by atoms with van der Waals surface area (Å²) in [5.74, 6) is -0.720. The van der Waals surface area contributed by atoms with Gasteiger partial charge >= 0.3 is 6.18 Å². The van der Waals surface area contributed by atoms with E-state index in [1.807, 2.05) is 13.0 Å². The highest BCUT2D eigenvalue weighted by Crippen LogP contribution is 2.44. The van der Waals surface area contributed by atoms with Crippen molar-refractivity contribution < 1.29 is 13.2 Å². The molecular formula is C14H14F3N3S. The first-order chi connectivity index (χ1) is 9.90. The first-order valence-corrected chi connectivity index (χ1v) is 7.20. The summed E-state index contributed by atoms with van der Waals surface area (Å²) in [6, 6.07) is 3.81. The molecule has 1 heterocycles. The second-order valence-corrected chi connectivity index (χ2v) is 5.66. The van der Waals surface area contributed by atoms with Crippen molar-refractivity contribution in [2.24, 2.45) is 0 Å². The molecule has 1 saturated carbocycles. The van der Waals surface area contributed by atoms with Crippen LogP contribution >= 0.6 is 12.6 Å². The van der Waals surface area contributed by atoms with E-state index in [0.717, 1.165) is 41.6 Å². The fourth-order valence-electron chi connectivity index (χ4n) is 2.35. The second-order valence-electron chi connectivity index (χ2n) is 5.18. The summed E-state index contributed by atoms with van der Waals surface area (Å²) in [6.07, 6.45) is -0.461. The molecule has 112 valence electrons. The van der Waals surface area contributed by atoms with E-state index in [1.165, 1.54) is 4.68 Å². The Morgan fingerprint density at radius 2 is 2.05 bits per heavy atom. The van der Waals surface area contributed by atoms with Crippen LogP contribution in [0.3, 0.4) is 0 Å². The van der Waals surface area contributed by atoms with E-state index in [9.17, 15) is 13.2 Å². The van der Waals surface area contributed by atoms with Gasteiger partial charge in [0.2, 0.25) is 0 Å². The van der Waals surface area contributed by atoms with Crippen molar-refractivity contribution in [3.8, 4) is 5.69 Å². The number of benzene rings is 1. The Morgan fingerprint density at radius 3 is 2.57 bits per heavy atom. The van der Waals surface area contributed by atoms with Crippen LogP contribution in [0.15, 0.2) is 23.4 Å². The molecule has 1 aromatic heterocycles. The van der Waals surface area contributed by atoms with Gasteiger partial charge in [-0.1, -0.05) is 13.0 Å². The Bertz CT molecular complexity index is 675. The Hall–Kier alpha value is -1.50. The topological polar surface area (TPSA) is 30.7 Å². The maximum Gasteiger partial charge on any atom is 0.453 e. The molecule has 0 bridgehead atoms. The average molecular weight is 313 g/mol. The zero-order valence-electron chi connectivity index (χ0n) is 11.4. The van der Waals surface area contributed by atoms with Crippen LogP contribution in [0, 0.1) is 0 Å². The number of aromatic nitrogens is 3. The van der Waals surface area contributed by atoms with E-state index in [1.54, 1.807) is 6.07 Å². The third kappa shape index (κ3) is 2.79. The highest BCUT2D eigenvalue weighted by atomic mass is 32.1. The number of hydrogen-bond acceptors (Lipinski definition) is 3. The number of aryl methyl sites for hydroxylation is 1. The molecule has 0 spiro atoms. The van der Waals surface area contributed by atoms with E-state index in [-0.39, 0.29) is 0 Å². The molecule has 0 N–H and O–H groups in total. The maximum atomic E-state index is 12.6. The largest absolute Gasteiger partial charge is 0.453 e. The van der Waals surface area contributed by atoms with Crippen molar-refractivity contribution >= 4 is 12.6 Å². The zero-order chi connectivity index (χ0) is 15.2. The standard InChI is InChI=1S/C14H14F3N3S/c1-2-8-5-10(9-3-4-9)11(6-12(8)21)20-7-18-13(19-20)14(15,16)17/h5-7,9,21H,2-4H2,1H3. The van der Waals surface area contributed by atoms with Crippen LogP contribution in [0.1, 0.15) is 42.6 Å². The van der Waals surface area contributed by atoms with Crippen LogP contribution < -0.4 is 0 Å². The van der Waals surface area contributed by atoms with Gasteiger partial charge in [-0.2, -0.15) is 13.2 Å². The monoisotopic (exact) mass is 313 g/mol. The van der Waals surface area contributed by atoms with Gasteiger partial charge in [0.15, 0.2) is 0 Å². The minimum Gasteiger partial charge on any atom is -0.220 e. The summed E-state index contributed by atoms with van der Waals surface area (Å²) in [6.45, 7) is 2.03. The molecule has 0 aliphatic heterocycles. The van der Waals surface area contributed by atoms with Gasteiger partial charge in [0, 0.05) is 4.90 Å². The van der Waals surface area contributed by atoms with E-state index in [4.69, 9.17) is 0 Å². The SMILES string of the molecule is CCc1cc(C2CC2)c(-n2cnc(C(F)(F)F)n2)cc1S. The lowest BCUT2D eigenvalue weighted by Gasteiger charge is -2.13. The van der Waals surface area contributed by atoms with Gasteiger partial charge < -0.3 is 0 Å². The second kappa shape index (κ2) is 5.05. The summed E-state index contributed by atoms with van der Waals surface area (Å²) >= 11 is 4.41. The summed E-state index contributed by atoms with van der Waals surface area (Å²) in [7, 11) is 0. The highest BCUT2D eigenvalue weighted by Gasteiger charge is 2.36. The molecule has 1 aliphatic rings. The van der Waals surface area contributed by atoms with Crippen molar-refractivity contribution in [2.75, 3.05) is 0 Å². The van der Waals surface area contributed by atoms with E-state index < -0.39 is 12.0 Å². The van der Waals surface area contributed by atoms with Crippen LogP contribution in [-0.4, -0.2) is 14.8 Å². The smallest absolute Gasteiger partial charge is 0.220 e. The summed E-state index contributed by atoms with van der Waals surface area (Å²) in [4.78, 5) is 4.12. The molecule has 7 heteroatoms. The lowest BCUT2D eigenvalue weighted by Crippen LogP contribution is -2.09. The van der Waals surface area contributed by atoms with Crippen LogP contribution in [0.4, 0.5) is 13.2 Å². The normalized spacial score (nSPS) is 15.5. The van der Waals surface area contributed by atoms with Gasteiger partial charge in [0.1, 0.15) is 6.33 Å². The minimum absolute atomic E-state index is 0.401. The van der Waals surface area contributed by atoms with Crippen LogP contribution in [0.5, 0.6) is 0 Å². The minimum atomic E-state index is -4.53. The summed E-state index contributed by atoms with van der Waals surface area (Å²) in [5, 5.41) is 3.57. The molecule has 0 saturated heterocycles. The predicted octanol–water partition coefficient (Wildman–Crippen LogP) is 4.01. The molecule has 0 radical (unpaired) electrons. The van der Waals surface area contributed by atoms with E-state index >= 15 is 0 Å². The number of halogens is 3. The number of alkyl halides is 3. The first kappa shape index (κ1) is 14.4. The molecule has 0 atom stereocenters. The number of nitrogens with zero attached hydrogens (tertiary/aromatic N) is 3. The molecule has 0 amide bonds. The molecule has 1 aliphatic carbocycles. The maximum absolute atomic E-state index is 12.6. The van der Waals surface area contributed by atoms with Crippen LogP contribution in [-0.2, 0) is 12.6 Å². The van der Waals surface area contributed by atoms with Crippen LogP contribution in [0.2, 0.25) is 0 Å². The van der Waals surface area contributed by atoms with Gasteiger partial charge in [-0.25, -0.2) is 9.67 Å². The molecule has 3 nitrogen and oxygen atoms in total. The van der Waals surface area contributed by atoms with Gasteiger partial charge in [0.25, 0.3) is 5.82 Å². The van der Waals surface area contributed by atoms with Crippen molar-refractivity contribution in [3.05, 3.63) is 35.4 Å². The summed E-state index contributed by atoms with van der Waals surface area (Å²) in [5.41, 5.74) is 2.77. The van der Waals surface area contributed by atoms with E-state index in [2.05, 4.69) is 22.7 Å². The third-order valence-electron chi connectivity index (χ3n) is 3.62. The Kier molecular flexibility index (Phi) is 3.47. The molecule has 0 unspecified atom stereocenters. The fraction of sp³-hybridized carbons (Fsp3) is 0.429. The van der Waals surface area contributed by atoms with E-state index in [0.29, 0.717) is 11.6 Å². The number of thiol groups is 1. The average Bonchev–Trinajstić information content (AvgIpc) is 3.13. The highest BCUT2D eigenvalue weighted by molar-refractivity contribution is 7.80. The fourth-order valence-corrected chi connectivity index (χ4v) is 2.70. The predicted molar refractivity (Wildman–Crippen MR) is 75.0 cm³/mol. The Morgan fingerprint density at radius 1 is 1.33 bits per heavy atom. The molecule has 1 fully saturated rings. The number of rotatable bonds is 3. The van der Waals surface area contributed by atoms with Crippen molar-refractivity contribution in [3.63, 3.8) is 0 Å². The van der Waals surface area contributed by atoms with Crippen LogP contribution in [0.25, 0.3) is 5.69 Å². The molecular weight excluding hydrogens is 299 g/mol. The summed E-state index contributed by atoms with van der Waals surface area (Å²) < 4.78 is 39.1. The third-order valence-corrected chi connectivity index (χ3v) is 4.03. The quantitative estimate of drug-likeness (QED) is 0.868. The lowest BCUT2D eigenvalue weighted by atomic mass is 10.0. The Balaban J connectivity index is 2.09. The van der Waals surface area contributed by atoms with Gasteiger partial charge in [-0.3, -0.25) is 0 Å². The Labute approximate surface area is 125 Å². The van der Waals surface area contributed by atoms with Gasteiger partial charge in [0.05, 0.1) is 5.69 Å². The van der Waals surface area contributed by atoms with Crippen molar-refractivity contribution in [1.29, 1.82) is 0 Å². The first-order valence-electron chi connectivity index (χ1n) is 6.75. The van der Waals surface area contributed by atoms with Gasteiger partial charge in [-0.15, -0.1) is 17.7 Å². The molecule has 21 heavy (non-hydrogen) atoms. The molecule has 3 rings (SSSR count). The van der Waals surface area contributed by atoms with Gasteiger partial charge in [-0.05, 0) is 42.4 Å². The molecule has 2 aromatic rings. The zero-order valence-corrected chi connectivity index (χ0v) is 12.2. The molecule has 1 aromatic carbocycles. The van der Waals surface area contributed by atoms with Crippen molar-refractivity contribution in [2.45, 2.75) is 43.2 Å². The lowest BCUT2D eigenvalue weighted by molar-refractivity contribution is -0.144. The van der Waals surface area contributed by atoms with Crippen molar-refractivity contribution in [1.82, 2.24) is 14.8 Å². The number of hydrogen-bond donors (Lipinski definition) is 1.